The minimum Gasteiger partial charge on any atom is -0.394 e. The summed E-state index contributed by atoms with van der Waals surface area (Å²) in [5, 5.41) is 2.55. The molecule has 0 spiro atoms. The van der Waals surface area contributed by atoms with E-state index in [0.717, 1.165) is 6.08 Å². The van der Waals surface area contributed by atoms with Crippen LogP contribution in [0.5, 0.6) is 0 Å². The Bertz CT molecular complexity index is 134. The maximum Gasteiger partial charge on any atom is 0.409 e. The van der Waals surface area contributed by atoms with Crippen molar-refractivity contribution in [1.82, 2.24) is 5.32 Å². The number of nitrogens with one attached hydrogen (secondary N) is 1. The van der Waals surface area contributed by atoms with Crippen LogP contribution in [0.15, 0.2) is 24.4 Å². The number of rotatable bonds is 2. The number of alkyl halides is 3. The molecule has 0 aliphatic rings. The summed E-state index contributed by atoms with van der Waals surface area (Å²) in [5.74, 6) is 0. The maximum absolute atomic E-state index is 11.3. The summed E-state index contributed by atoms with van der Waals surface area (Å²) in [7, 11) is 1.61. The third kappa shape index (κ3) is 7.07. The molecule has 10 heavy (non-hydrogen) atoms. The Balaban J connectivity index is 3.66. The minimum absolute atomic E-state index is 0.167. The van der Waals surface area contributed by atoms with Gasteiger partial charge in [-0.1, -0.05) is 6.08 Å². The summed E-state index contributed by atoms with van der Waals surface area (Å²) in [6, 6.07) is 0. The molecular weight excluding hydrogens is 143 g/mol. The first kappa shape index (κ1) is 9.07. The van der Waals surface area contributed by atoms with Gasteiger partial charge in [-0.3, -0.25) is 0 Å². The molecule has 4 heteroatoms. The molecule has 0 heterocycles. The lowest BCUT2D eigenvalue weighted by Gasteiger charge is -1.94. The molecule has 0 aromatic heterocycles. The predicted octanol–water partition coefficient (Wildman–Crippen LogP) is 1.84. The van der Waals surface area contributed by atoms with E-state index in [1.807, 2.05) is 0 Å². The Morgan fingerprint density at radius 1 is 1.20 bits per heavy atom. The second kappa shape index (κ2) is 3.98. The normalized spacial score (nSPS) is 13.2. The molecule has 0 atom stereocenters. The van der Waals surface area contributed by atoms with Crippen LogP contribution in [0.4, 0.5) is 13.2 Å². The zero-order valence-corrected chi connectivity index (χ0v) is 5.44. The van der Waals surface area contributed by atoms with Gasteiger partial charge in [0.25, 0.3) is 0 Å². The summed E-state index contributed by atoms with van der Waals surface area (Å²) in [5.41, 5.74) is 0. The van der Waals surface area contributed by atoms with E-state index < -0.39 is 6.18 Å². The number of allylic oxidation sites excluding steroid dienone is 3. The van der Waals surface area contributed by atoms with Crippen LogP contribution in [0.1, 0.15) is 0 Å². The molecule has 0 aliphatic carbocycles. The fourth-order valence-electron chi connectivity index (χ4n) is 0.316. The van der Waals surface area contributed by atoms with Crippen LogP contribution >= 0.6 is 0 Å². The largest absolute Gasteiger partial charge is 0.409 e. The molecule has 58 valence electrons. The third-order valence-corrected chi connectivity index (χ3v) is 0.659. The maximum atomic E-state index is 11.3. The zero-order chi connectivity index (χ0) is 8.04. The number of hydrogen-bond donors (Lipinski definition) is 1. The first-order valence-corrected chi connectivity index (χ1v) is 2.64. The SMILES string of the molecule is CN/C=C\C=C\C(F)(F)F. The summed E-state index contributed by atoms with van der Waals surface area (Å²) in [6.45, 7) is 0. The molecule has 0 aromatic rings. The van der Waals surface area contributed by atoms with Crippen LogP contribution in [0.3, 0.4) is 0 Å². The van der Waals surface area contributed by atoms with Crippen LogP contribution in [-0.2, 0) is 0 Å². The van der Waals surface area contributed by atoms with Gasteiger partial charge in [0.05, 0.1) is 0 Å². The van der Waals surface area contributed by atoms with Crippen molar-refractivity contribution in [3.05, 3.63) is 24.4 Å². The van der Waals surface area contributed by atoms with Crippen molar-refractivity contribution in [2.75, 3.05) is 7.05 Å². The zero-order valence-electron chi connectivity index (χ0n) is 5.44. The van der Waals surface area contributed by atoms with Crippen LogP contribution < -0.4 is 5.32 Å². The van der Waals surface area contributed by atoms with Crippen molar-refractivity contribution in [3.8, 4) is 0 Å². The molecular formula is C6H8F3N. The summed E-state index contributed by atoms with van der Waals surface area (Å²) in [4.78, 5) is 0. The van der Waals surface area contributed by atoms with Gasteiger partial charge in [0.1, 0.15) is 0 Å². The number of halogens is 3. The van der Waals surface area contributed by atoms with Gasteiger partial charge in [-0.15, -0.1) is 0 Å². The van der Waals surface area contributed by atoms with Gasteiger partial charge < -0.3 is 5.32 Å². The van der Waals surface area contributed by atoms with Crippen LogP contribution in [0.25, 0.3) is 0 Å². The summed E-state index contributed by atoms with van der Waals surface area (Å²) in [6.07, 6.45) is -0.439. The Kier molecular flexibility index (Phi) is 3.61. The van der Waals surface area contributed by atoms with Crippen molar-refractivity contribution >= 4 is 0 Å². The van der Waals surface area contributed by atoms with E-state index in [0.29, 0.717) is 0 Å². The fraction of sp³-hybridized carbons (Fsp3) is 0.333. The quantitative estimate of drug-likeness (QED) is 0.594. The third-order valence-electron chi connectivity index (χ3n) is 0.659. The van der Waals surface area contributed by atoms with E-state index in [2.05, 4.69) is 5.32 Å². The summed E-state index contributed by atoms with van der Waals surface area (Å²) < 4.78 is 34.0. The van der Waals surface area contributed by atoms with Crippen molar-refractivity contribution in [2.45, 2.75) is 6.18 Å². The Morgan fingerprint density at radius 2 is 1.80 bits per heavy atom. The Hall–Kier alpha value is -0.930. The molecule has 0 bridgehead atoms. The van der Waals surface area contributed by atoms with Crippen molar-refractivity contribution in [3.63, 3.8) is 0 Å². The van der Waals surface area contributed by atoms with E-state index in [4.69, 9.17) is 0 Å². The van der Waals surface area contributed by atoms with Crippen molar-refractivity contribution in [2.24, 2.45) is 0 Å². The monoisotopic (exact) mass is 151 g/mol. The topological polar surface area (TPSA) is 12.0 Å². The average molecular weight is 151 g/mol. The van der Waals surface area contributed by atoms with Crippen molar-refractivity contribution < 1.29 is 13.2 Å². The van der Waals surface area contributed by atoms with E-state index in [9.17, 15) is 13.2 Å². The Labute approximate surface area is 57.2 Å². The van der Waals surface area contributed by atoms with Crippen LogP contribution in [0.2, 0.25) is 0 Å². The molecule has 0 amide bonds. The molecule has 0 saturated heterocycles. The molecule has 1 N–H and O–H groups in total. The van der Waals surface area contributed by atoms with E-state index in [-0.39, 0.29) is 6.08 Å². The van der Waals surface area contributed by atoms with E-state index >= 15 is 0 Å². The first-order chi connectivity index (χ1) is 4.56. The molecule has 0 rings (SSSR count). The fourth-order valence-corrected chi connectivity index (χ4v) is 0.316. The lowest BCUT2D eigenvalue weighted by molar-refractivity contribution is -0.0798. The van der Waals surface area contributed by atoms with Gasteiger partial charge in [-0.2, -0.15) is 13.2 Å². The van der Waals surface area contributed by atoms with Gasteiger partial charge in [-0.05, 0) is 12.3 Å². The molecule has 0 fully saturated rings. The highest BCUT2D eigenvalue weighted by atomic mass is 19.4. The highest BCUT2D eigenvalue weighted by molar-refractivity contribution is 5.03. The first-order valence-electron chi connectivity index (χ1n) is 2.64. The molecule has 0 unspecified atom stereocenters. The molecule has 0 saturated carbocycles. The standard InChI is InChI=1S/C6H8F3N/c1-10-5-3-2-4-6(7,8)9/h2-5,10H,1H3/b4-2+,5-3-. The molecule has 0 aromatic carbocycles. The highest BCUT2D eigenvalue weighted by Gasteiger charge is 2.20. The van der Waals surface area contributed by atoms with Gasteiger partial charge in [0, 0.05) is 13.1 Å². The second-order valence-corrected chi connectivity index (χ2v) is 1.55. The Morgan fingerprint density at radius 3 is 2.20 bits per heavy atom. The molecule has 0 aliphatic heterocycles. The van der Waals surface area contributed by atoms with E-state index in [1.165, 1.54) is 12.3 Å². The average Bonchev–Trinajstić information content (AvgIpc) is 1.78. The lowest BCUT2D eigenvalue weighted by atomic mass is 10.5. The minimum atomic E-state index is -4.21. The van der Waals surface area contributed by atoms with Crippen LogP contribution in [0, 0.1) is 0 Å². The number of hydrogen-bond acceptors (Lipinski definition) is 1. The van der Waals surface area contributed by atoms with Gasteiger partial charge in [-0.25, -0.2) is 0 Å². The van der Waals surface area contributed by atoms with Gasteiger partial charge in [0.2, 0.25) is 0 Å². The smallest absolute Gasteiger partial charge is 0.394 e. The molecule has 0 radical (unpaired) electrons. The lowest BCUT2D eigenvalue weighted by Crippen LogP contribution is -2.00. The van der Waals surface area contributed by atoms with Gasteiger partial charge >= 0.3 is 6.18 Å². The molecule has 1 nitrogen and oxygen atoms in total. The highest BCUT2D eigenvalue weighted by Crippen LogP contribution is 2.15. The van der Waals surface area contributed by atoms with E-state index in [1.54, 1.807) is 7.05 Å². The summed E-state index contributed by atoms with van der Waals surface area (Å²) >= 11 is 0. The van der Waals surface area contributed by atoms with Crippen LogP contribution in [-0.4, -0.2) is 13.2 Å². The second-order valence-electron chi connectivity index (χ2n) is 1.55. The van der Waals surface area contributed by atoms with Gasteiger partial charge in [0.15, 0.2) is 0 Å². The van der Waals surface area contributed by atoms with Crippen molar-refractivity contribution in [1.29, 1.82) is 0 Å². The predicted molar refractivity (Wildman–Crippen MR) is 33.4 cm³/mol.